The van der Waals surface area contributed by atoms with E-state index in [9.17, 15) is 13.2 Å². The molecule has 0 spiro atoms. The van der Waals surface area contributed by atoms with Gasteiger partial charge in [-0.3, -0.25) is 4.79 Å². The van der Waals surface area contributed by atoms with Crippen molar-refractivity contribution in [1.29, 1.82) is 0 Å². The molecule has 2 N–H and O–H groups in total. The molecule has 0 radical (unpaired) electrons. The van der Waals surface area contributed by atoms with Crippen molar-refractivity contribution in [2.24, 2.45) is 0 Å². The van der Waals surface area contributed by atoms with E-state index in [0.29, 0.717) is 29.3 Å². The van der Waals surface area contributed by atoms with Crippen molar-refractivity contribution in [2.75, 3.05) is 23.8 Å². The van der Waals surface area contributed by atoms with Crippen LogP contribution in [0.2, 0.25) is 0 Å². The molecule has 1 amide bonds. The Morgan fingerprint density at radius 3 is 2.28 bits per heavy atom. The molecule has 3 rings (SSSR count). The molecule has 0 bridgehead atoms. The molecule has 7 heteroatoms. The van der Waals surface area contributed by atoms with Crippen molar-refractivity contribution in [1.82, 2.24) is 0 Å². The normalized spacial score (nSPS) is 11.1. The lowest BCUT2D eigenvalue weighted by atomic mass is 10.1. The first-order valence-corrected chi connectivity index (χ1v) is 11.9. The van der Waals surface area contributed by atoms with E-state index in [1.54, 1.807) is 49.4 Å². The molecule has 0 aliphatic carbocycles. The van der Waals surface area contributed by atoms with Crippen molar-refractivity contribution in [3.8, 4) is 5.75 Å². The lowest BCUT2D eigenvalue weighted by Crippen LogP contribution is -2.22. The van der Waals surface area contributed by atoms with Crippen molar-refractivity contribution < 1.29 is 17.9 Å². The van der Waals surface area contributed by atoms with Crippen molar-refractivity contribution in [2.45, 2.75) is 37.5 Å². The first-order chi connectivity index (χ1) is 15.2. The lowest BCUT2D eigenvalue weighted by Gasteiger charge is -2.16. The molecule has 0 heterocycles. The molecule has 0 atom stereocenters. The fourth-order valence-electron chi connectivity index (χ4n) is 3.35. The van der Waals surface area contributed by atoms with Gasteiger partial charge in [0.05, 0.1) is 28.6 Å². The highest BCUT2D eigenvalue weighted by Crippen LogP contribution is 2.30. The zero-order chi connectivity index (χ0) is 23.3. The second-order valence-electron chi connectivity index (χ2n) is 7.58. The fraction of sp³-hybridized carbons (Fsp3) is 0.240. The number of rotatable bonds is 8. The van der Waals surface area contributed by atoms with E-state index >= 15 is 0 Å². The average Bonchev–Trinajstić information content (AvgIpc) is 2.76. The first kappa shape index (κ1) is 23.3. The Bertz CT molecular complexity index is 1220. The molecule has 0 aromatic heterocycles. The van der Waals surface area contributed by atoms with Crippen LogP contribution in [0.5, 0.6) is 5.75 Å². The lowest BCUT2D eigenvalue weighted by molar-refractivity contribution is -0.114. The van der Waals surface area contributed by atoms with E-state index in [0.717, 1.165) is 11.1 Å². The predicted molar refractivity (Wildman–Crippen MR) is 127 cm³/mol. The number of hydrogen-bond donors (Lipinski definition) is 2. The van der Waals surface area contributed by atoms with Crippen LogP contribution in [0.25, 0.3) is 0 Å². The number of carbonyl (C=O) groups is 1. The third-order valence-corrected chi connectivity index (χ3v) is 6.92. The zero-order valence-electron chi connectivity index (χ0n) is 18.7. The van der Waals surface area contributed by atoms with E-state index in [2.05, 4.69) is 10.6 Å². The van der Waals surface area contributed by atoms with Gasteiger partial charge in [-0.15, -0.1) is 0 Å². The van der Waals surface area contributed by atoms with Crippen LogP contribution in [-0.4, -0.2) is 27.5 Å². The summed E-state index contributed by atoms with van der Waals surface area (Å²) in [6.45, 7) is 7.83. The minimum absolute atomic E-state index is 0.0191. The number of benzene rings is 3. The van der Waals surface area contributed by atoms with Crippen LogP contribution < -0.4 is 15.4 Å². The SMILES string of the molecule is CCOc1ccccc1NC(=O)CNc1cc(C)cc(S(=O)(=O)c2ccc(C)cc2)c1C. The quantitative estimate of drug-likeness (QED) is 0.508. The summed E-state index contributed by atoms with van der Waals surface area (Å²) in [5.74, 6) is 0.336. The number of aryl methyl sites for hydroxylation is 2. The van der Waals surface area contributed by atoms with Gasteiger partial charge in [-0.1, -0.05) is 29.8 Å². The molecule has 3 aromatic carbocycles. The van der Waals surface area contributed by atoms with Gasteiger partial charge in [0.1, 0.15) is 5.75 Å². The fourth-order valence-corrected chi connectivity index (χ4v) is 4.96. The highest BCUT2D eigenvalue weighted by molar-refractivity contribution is 7.91. The standard InChI is InChI=1S/C25H28N2O4S/c1-5-31-23-9-7-6-8-21(23)27-25(28)16-26-22-14-18(3)15-24(19(22)4)32(29,30)20-12-10-17(2)11-13-20/h6-15,26H,5,16H2,1-4H3,(H,27,28). The monoisotopic (exact) mass is 452 g/mol. The minimum atomic E-state index is -3.69. The Balaban J connectivity index is 1.80. The van der Waals surface area contributed by atoms with Crippen molar-refractivity contribution in [3.63, 3.8) is 0 Å². The molecule has 32 heavy (non-hydrogen) atoms. The first-order valence-electron chi connectivity index (χ1n) is 10.4. The summed E-state index contributed by atoms with van der Waals surface area (Å²) in [5.41, 5.74) is 3.53. The van der Waals surface area contributed by atoms with Gasteiger partial charge in [0, 0.05) is 5.69 Å². The molecule has 0 aliphatic heterocycles. The second kappa shape index (κ2) is 9.87. The minimum Gasteiger partial charge on any atom is -0.492 e. The number of amides is 1. The Labute approximate surface area is 189 Å². The van der Waals surface area contributed by atoms with E-state index in [-0.39, 0.29) is 22.2 Å². The number of anilines is 2. The Morgan fingerprint density at radius 1 is 0.906 bits per heavy atom. The van der Waals surface area contributed by atoms with Crippen molar-refractivity contribution >= 4 is 27.1 Å². The number of sulfone groups is 1. The predicted octanol–water partition coefficient (Wildman–Crippen LogP) is 4.89. The molecule has 0 saturated heterocycles. The van der Waals surface area contributed by atoms with Gasteiger partial charge in [-0.05, 0) is 75.2 Å². The van der Waals surface area contributed by atoms with Gasteiger partial charge in [-0.2, -0.15) is 0 Å². The smallest absolute Gasteiger partial charge is 0.243 e. The molecule has 0 unspecified atom stereocenters. The van der Waals surface area contributed by atoms with Gasteiger partial charge in [0.25, 0.3) is 0 Å². The molecule has 168 valence electrons. The van der Waals surface area contributed by atoms with Crippen LogP contribution in [0, 0.1) is 20.8 Å². The van der Waals surface area contributed by atoms with Gasteiger partial charge in [-0.25, -0.2) is 8.42 Å². The molecule has 3 aromatic rings. The number of para-hydroxylation sites is 2. The molecular formula is C25H28N2O4S. The third kappa shape index (κ3) is 5.29. The summed E-state index contributed by atoms with van der Waals surface area (Å²) in [6, 6.07) is 17.5. The van der Waals surface area contributed by atoms with E-state index in [1.807, 2.05) is 39.0 Å². The van der Waals surface area contributed by atoms with Gasteiger partial charge in [0.2, 0.25) is 15.7 Å². The summed E-state index contributed by atoms with van der Waals surface area (Å²) in [6.07, 6.45) is 0. The van der Waals surface area contributed by atoms with Crippen LogP contribution in [0.4, 0.5) is 11.4 Å². The molecular weight excluding hydrogens is 424 g/mol. The van der Waals surface area contributed by atoms with E-state index in [1.165, 1.54) is 0 Å². The summed E-state index contributed by atoms with van der Waals surface area (Å²) in [4.78, 5) is 13.0. The largest absolute Gasteiger partial charge is 0.492 e. The molecule has 0 saturated carbocycles. The topological polar surface area (TPSA) is 84.5 Å². The van der Waals surface area contributed by atoms with Crippen LogP contribution in [-0.2, 0) is 14.6 Å². The third-order valence-electron chi connectivity index (χ3n) is 5.03. The van der Waals surface area contributed by atoms with Gasteiger partial charge < -0.3 is 15.4 Å². The zero-order valence-corrected chi connectivity index (χ0v) is 19.5. The second-order valence-corrected chi connectivity index (χ2v) is 9.50. The van der Waals surface area contributed by atoms with Gasteiger partial charge in [0.15, 0.2) is 0 Å². The maximum Gasteiger partial charge on any atom is 0.243 e. The van der Waals surface area contributed by atoms with Crippen molar-refractivity contribution in [3.05, 3.63) is 77.4 Å². The summed E-state index contributed by atoms with van der Waals surface area (Å²) in [7, 11) is -3.69. The highest BCUT2D eigenvalue weighted by atomic mass is 32.2. The summed E-state index contributed by atoms with van der Waals surface area (Å²) < 4.78 is 32.0. The van der Waals surface area contributed by atoms with E-state index in [4.69, 9.17) is 4.74 Å². The van der Waals surface area contributed by atoms with Gasteiger partial charge >= 0.3 is 0 Å². The van der Waals surface area contributed by atoms with Crippen LogP contribution in [0.1, 0.15) is 23.6 Å². The van der Waals surface area contributed by atoms with E-state index < -0.39 is 9.84 Å². The number of carbonyl (C=O) groups excluding carboxylic acids is 1. The van der Waals surface area contributed by atoms with Crippen LogP contribution >= 0.6 is 0 Å². The Kier molecular flexibility index (Phi) is 7.20. The maximum atomic E-state index is 13.2. The summed E-state index contributed by atoms with van der Waals surface area (Å²) >= 11 is 0. The Morgan fingerprint density at radius 2 is 1.59 bits per heavy atom. The molecule has 6 nitrogen and oxygen atoms in total. The summed E-state index contributed by atoms with van der Waals surface area (Å²) in [5, 5.41) is 5.91. The molecule has 0 fully saturated rings. The Hall–Kier alpha value is -3.32. The van der Waals surface area contributed by atoms with Crippen LogP contribution in [0.15, 0.2) is 70.5 Å². The highest BCUT2D eigenvalue weighted by Gasteiger charge is 2.22. The maximum absolute atomic E-state index is 13.2. The van der Waals surface area contributed by atoms with Crippen LogP contribution in [0.3, 0.4) is 0 Å². The molecule has 0 aliphatic rings. The number of ether oxygens (including phenoxy) is 1. The number of nitrogens with one attached hydrogen (secondary N) is 2. The number of hydrogen-bond acceptors (Lipinski definition) is 5. The average molecular weight is 453 g/mol.